The number of aliphatic carboxylic acids is 2. The first-order valence-electron chi connectivity index (χ1n) is 18.0. The maximum absolute atomic E-state index is 10.5. The van der Waals surface area contributed by atoms with Crippen molar-refractivity contribution in [3.05, 3.63) is 0 Å². The van der Waals surface area contributed by atoms with Gasteiger partial charge in [0.1, 0.15) is 0 Å². The third kappa shape index (κ3) is 35.0. The molecule has 0 aliphatic heterocycles. The number of carbonyl (C=O) groups is 2. The predicted octanol–water partition coefficient (Wildman–Crippen LogP) is 11.7. The van der Waals surface area contributed by atoms with Gasteiger partial charge in [-0.1, -0.05) is 154 Å². The molecular formula is C36H70O5. The summed E-state index contributed by atoms with van der Waals surface area (Å²) in [7, 11) is 0. The van der Waals surface area contributed by atoms with Gasteiger partial charge in [0.2, 0.25) is 0 Å². The fraction of sp³-hybridized carbons (Fsp3) is 0.944. The lowest BCUT2D eigenvalue weighted by Gasteiger charge is -2.19. The van der Waals surface area contributed by atoms with Gasteiger partial charge in [0.05, 0.1) is 12.2 Å². The van der Waals surface area contributed by atoms with Crippen LogP contribution in [0.5, 0.6) is 0 Å². The molecule has 41 heavy (non-hydrogen) atoms. The van der Waals surface area contributed by atoms with Gasteiger partial charge < -0.3 is 14.9 Å². The van der Waals surface area contributed by atoms with E-state index in [0.29, 0.717) is 25.0 Å². The van der Waals surface area contributed by atoms with E-state index in [2.05, 4.69) is 13.8 Å². The summed E-state index contributed by atoms with van der Waals surface area (Å²) < 4.78 is 6.25. The first-order valence-corrected chi connectivity index (χ1v) is 18.0. The smallest absolute Gasteiger partial charge is 0.303 e. The molecule has 0 aromatic heterocycles. The van der Waals surface area contributed by atoms with E-state index in [1.165, 1.54) is 154 Å². The minimum absolute atomic E-state index is 0.330. The molecule has 5 heteroatoms. The molecule has 0 bridgehead atoms. The molecule has 0 heterocycles. The number of carboxylic acid groups (broad SMARTS) is 2. The van der Waals surface area contributed by atoms with Crippen molar-refractivity contribution < 1.29 is 24.5 Å². The second kappa shape index (κ2) is 31.8. The number of rotatable bonds is 34. The lowest BCUT2D eigenvalue weighted by molar-refractivity contribution is -0.138. The quantitative estimate of drug-likeness (QED) is 0.0737. The summed E-state index contributed by atoms with van der Waals surface area (Å²) >= 11 is 0. The molecule has 0 radical (unpaired) electrons. The minimum Gasteiger partial charge on any atom is -0.481 e. The van der Waals surface area contributed by atoms with E-state index >= 15 is 0 Å². The summed E-state index contributed by atoms with van der Waals surface area (Å²) in [6.07, 6.45) is 36.8. The minimum atomic E-state index is -0.662. The average molecular weight is 583 g/mol. The third-order valence-electron chi connectivity index (χ3n) is 8.47. The molecule has 0 aliphatic rings. The standard InChI is InChI=1S/C36H70O5/c1-33(29-25-21-17-13-9-5-3-7-11-15-19-23-27-31-35(37)38)41-34(2)30-26-22-18-14-10-6-4-8-12-16-20-24-28-32-36(39)40/h33-34H,3-32H2,1-2H3,(H,37,38)(H,39,40). The first-order chi connectivity index (χ1) is 19.9. The maximum Gasteiger partial charge on any atom is 0.303 e. The molecule has 0 spiro atoms. The average Bonchev–Trinajstić information content (AvgIpc) is 2.92. The SMILES string of the molecule is CC(CCCCCCCCCCCCCCCC(=O)O)OC(C)CCCCCCCCCCCCCCCC(=O)O. The van der Waals surface area contributed by atoms with Gasteiger partial charge in [-0.2, -0.15) is 0 Å². The van der Waals surface area contributed by atoms with Gasteiger partial charge in [-0.25, -0.2) is 0 Å². The zero-order valence-corrected chi connectivity index (χ0v) is 27.5. The molecule has 2 atom stereocenters. The molecule has 5 nitrogen and oxygen atoms in total. The summed E-state index contributed by atoms with van der Waals surface area (Å²) in [5, 5.41) is 17.3. The lowest BCUT2D eigenvalue weighted by Crippen LogP contribution is -2.17. The molecule has 0 rings (SSSR count). The van der Waals surface area contributed by atoms with Crippen molar-refractivity contribution in [2.75, 3.05) is 0 Å². The van der Waals surface area contributed by atoms with Gasteiger partial charge in [-0.15, -0.1) is 0 Å². The number of ether oxygens (including phenoxy) is 1. The Kier molecular flexibility index (Phi) is 31.0. The third-order valence-corrected chi connectivity index (χ3v) is 8.47. The van der Waals surface area contributed by atoms with E-state index in [-0.39, 0.29) is 0 Å². The van der Waals surface area contributed by atoms with Gasteiger partial charge in [-0.3, -0.25) is 9.59 Å². The molecule has 0 aliphatic carbocycles. The highest BCUT2D eigenvalue weighted by molar-refractivity contribution is 5.66. The monoisotopic (exact) mass is 583 g/mol. The van der Waals surface area contributed by atoms with Crippen LogP contribution < -0.4 is 0 Å². The van der Waals surface area contributed by atoms with Crippen molar-refractivity contribution in [3.63, 3.8) is 0 Å². The lowest BCUT2D eigenvalue weighted by atomic mass is 10.0. The van der Waals surface area contributed by atoms with E-state index in [1.54, 1.807) is 0 Å². The van der Waals surface area contributed by atoms with Gasteiger partial charge in [0.15, 0.2) is 0 Å². The summed E-state index contributed by atoms with van der Waals surface area (Å²) in [6.45, 7) is 4.50. The van der Waals surface area contributed by atoms with Crippen molar-refractivity contribution in [3.8, 4) is 0 Å². The molecule has 244 valence electrons. The Balaban J connectivity index is 3.28. The van der Waals surface area contributed by atoms with Crippen LogP contribution in [-0.2, 0) is 14.3 Å². The maximum atomic E-state index is 10.5. The van der Waals surface area contributed by atoms with Crippen molar-refractivity contribution in [2.24, 2.45) is 0 Å². The van der Waals surface area contributed by atoms with Crippen LogP contribution in [0.4, 0.5) is 0 Å². The molecule has 0 saturated heterocycles. The number of unbranched alkanes of at least 4 members (excludes halogenated alkanes) is 24. The Labute approximate surface area is 255 Å². The van der Waals surface area contributed by atoms with Crippen LogP contribution in [0.2, 0.25) is 0 Å². The zero-order valence-electron chi connectivity index (χ0n) is 27.5. The topological polar surface area (TPSA) is 83.8 Å². The van der Waals surface area contributed by atoms with E-state index in [0.717, 1.165) is 25.7 Å². The Morgan fingerprint density at radius 1 is 0.390 bits per heavy atom. The van der Waals surface area contributed by atoms with Crippen LogP contribution in [0.1, 0.15) is 206 Å². The molecule has 0 fully saturated rings. The molecule has 0 aromatic rings. The second-order valence-electron chi connectivity index (χ2n) is 12.8. The number of hydrogen-bond donors (Lipinski definition) is 2. The number of carboxylic acids is 2. The predicted molar refractivity (Wildman–Crippen MR) is 174 cm³/mol. The van der Waals surface area contributed by atoms with Crippen molar-refractivity contribution in [1.29, 1.82) is 0 Å². The Bertz CT molecular complexity index is 516. The van der Waals surface area contributed by atoms with Crippen molar-refractivity contribution >= 4 is 11.9 Å². The Hall–Kier alpha value is -1.10. The van der Waals surface area contributed by atoms with Gasteiger partial charge in [0, 0.05) is 12.8 Å². The second-order valence-corrected chi connectivity index (χ2v) is 12.8. The summed E-state index contributed by atoms with van der Waals surface area (Å²) in [6, 6.07) is 0. The Morgan fingerprint density at radius 3 is 0.805 bits per heavy atom. The van der Waals surface area contributed by atoms with Gasteiger partial charge >= 0.3 is 11.9 Å². The van der Waals surface area contributed by atoms with Crippen LogP contribution in [0.25, 0.3) is 0 Å². The molecule has 2 N–H and O–H groups in total. The van der Waals surface area contributed by atoms with Crippen molar-refractivity contribution in [2.45, 2.75) is 219 Å². The normalized spacial score (nSPS) is 12.9. The van der Waals surface area contributed by atoms with E-state index in [1.807, 2.05) is 0 Å². The first kappa shape index (κ1) is 39.9. The van der Waals surface area contributed by atoms with Crippen LogP contribution in [-0.4, -0.2) is 34.4 Å². The van der Waals surface area contributed by atoms with E-state index in [4.69, 9.17) is 14.9 Å². The van der Waals surface area contributed by atoms with Gasteiger partial charge in [-0.05, 0) is 39.5 Å². The molecule has 0 saturated carbocycles. The van der Waals surface area contributed by atoms with Crippen LogP contribution in [0.3, 0.4) is 0 Å². The van der Waals surface area contributed by atoms with E-state index < -0.39 is 11.9 Å². The fourth-order valence-electron chi connectivity index (χ4n) is 5.84. The summed E-state index contributed by atoms with van der Waals surface area (Å²) in [5.41, 5.74) is 0. The van der Waals surface area contributed by atoms with Crippen molar-refractivity contribution in [1.82, 2.24) is 0 Å². The largest absolute Gasteiger partial charge is 0.481 e. The molecule has 0 amide bonds. The van der Waals surface area contributed by atoms with Crippen LogP contribution in [0.15, 0.2) is 0 Å². The van der Waals surface area contributed by atoms with Crippen LogP contribution in [0, 0.1) is 0 Å². The highest BCUT2D eigenvalue weighted by Gasteiger charge is 2.08. The summed E-state index contributed by atoms with van der Waals surface area (Å²) in [5.74, 6) is -1.32. The zero-order chi connectivity index (χ0) is 30.2. The highest BCUT2D eigenvalue weighted by atomic mass is 16.5. The van der Waals surface area contributed by atoms with E-state index in [9.17, 15) is 9.59 Å². The highest BCUT2D eigenvalue weighted by Crippen LogP contribution is 2.17. The van der Waals surface area contributed by atoms with Gasteiger partial charge in [0.25, 0.3) is 0 Å². The number of hydrogen-bond acceptors (Lipinski definition) is 3. The molecule has 2 unspecified atom stereocenters. The molecular weight excluding hydrogens is 512 g/mol. The fourth-order valence-corrected chi connectivity index (χ4v) is 5.84. The van der Waals surface area contributed by atoms with Crippen LogP contribution >= 0.6 is 0 Å². The molecule has 0 aromatic carbocycles. The summed E-state index contributed by atoms with van der Waals surface area (Å²) in [4.78, 5) is 21.0. The Morgan fingerprint density at radius 2 is 0.585 bits per heavy atom.